The maximum absolute atomic E-state index is 12.7. The van der Waals surface area contributed by atoms with Gasteiger partial charge in [-0.2, -0.15) is 0 Å². The first-order valence-electron chi connectivity index (χ1n) is 8.55. The van der Waals surface area contributed by atoms with Crippen LogP contribution in [-0.2, 0) is 6.54 Å². The molecule has 2 heterocycles. The zero-order chi connectivity index (χ0) is 15.0. The van der Waals surface area contributed by atoms with Gasteiger partial charge in [0.2, 0.25) is 0 Å². The Morgan fingerprint density at radius 3 is 2.71 bits per heavy atom. The van der Waals surface area contributed by atoms with Crippen molar-refractivity contribution in [3.05, 3.63) is 23.0 Å². The van der Waals surface area contributed by atoms with Crippen LogP contribution in [0.2, 0.25) is 0 Å². The number of aryl methyl sites for hydroxylation is 1. The van der Waals surface area contributed by atoms with Gasteiger partial charge >= 0.3 is 0 Å². The number of carbonyl (C=O) groups excluding carboxylic acids is 1. The highest BCUT2D eigenvalue weighted by molar-refractivity contribution is 5.99. The topological polar surface area (TPSA) is 25.2 Å². The highest BCUT2D eigenvalue weighted by atomic mass is 16.1. The molecule has 21 heavy (non-hydrogen) atoms. The first-order chi connectivity index (χ1) is 10.1. The van der Waals surface area contributed by atoms with Gasteiger partial charge in [0.1, 0.15) is 0 Å². The highest BCUT2D eigenvalue weighted by Crippen LogP contribution is 2.36. The minimum absolute atomic E-state index is 0.315. The molecule has 1 saturated heterocycles. The molecule has 3 nitrogen and oxygen atoms in total. The Labute approximate surface area is 128 Å². The Balaban J connectivity index is 1.74. The number of nitrogens with zero attached hydrogens (tertiary/aromatic N) is 2. The standard InChI is InChI=1S/C18H28N2O/c1-4-20-13(2)11-16(14(20)3)18(21)12-19-10-6-8-15-7-5-9-17(15)19/h11,15,17H,4-10,12H2,1-3H3. The molecule has 116 valence electrons. The highest BCUT2D eigenvalue weighted by Gasteiger charge is 2.35. The molecule has 1 saturated carbocycles. The number of likely N-dealkylation sites (tertiary alicyclic amines) is 1. The Bertz CT molecular complexity index is 532. The van der Waals surface area contributed by atoms with Crippen molar-refractivity contribution < 1.29 is 4.79 Å². The fraction of sp³-hybridized carbons (Fsp3) is 0.722. The summed E-state index contributed by atoms with van der Waals surface area (Å²) in [6.45, 7) is 9.00. The van der Waals surface area contributed by atoms with E-state index in [1.165, 1.54) is 37.8 Å². The van der Waals surface area contributed by atoms with E-state index >= 15 is 0 Å². The lowest BCUT2D eigenvalue weighted by Crippen LogP contribution is -2.45. The molecule has 2 unspecified atom stereocenters. The molecule has 2 aliphatic rings. The van der Waals surface area contributed by atoms with Crippen molar-refractivity contribution in [2.45, 2.75) is 65.5 Å². The van der Waals surface area contributed by atoms with E-state index in [1.54, 1.807) is 0 Å². The number of piperidine rings is 1. The van der Waals surface area contributed by atoms with E-state index in [0.717, 1.165) is 30.3 Å². The summed E-state index contributed by atoms with van der Waals surface area (Å²) in [5.41, 5.74) is 3.28. The summed E-state index contributed by atoms with van der Waals surface area (Å²) in [6.07, 6.45) is 6.66. The van der Waals surface area contributed by atoms with Gasteiger partial charge < -0.3 is 4.57 Å². The van der Waals surface area contributed by atoms with Crippen molar-refractivity contribution in [1.29, 1.82) is 0 Å². The summed E-state index contributed by atoms with van der Waals surface area (Å²) >= 11 is 0. The molecule has 1 aromatic heterocycles. The number of hydrogen-bond acceptors (Lipinski definition) is 2. The van der Waals surface area contributed by atoms with Crippen molar-refractivity contribution in [3.8, 4) is 0 Å². The number of ketones is 1. The molecular formula is C18H28N2O. The smallest absolute Gasteiger partial charge is 0.178 e. The molecule has 1 aliphatic carbocycles. The molecule has 0 aromatic carbocycles. The Morgan fingerprint density at radius 2 is 2.00 bits per heavy atom. The average Bonchev–Trinajstić information content (AvgIpc) is 3.04. The molecule has 0 N–H and O–H groups in total. The second-order valence-electron chi connectivity index (χ2n) is 6.82. The zero-order valence-electron chi connectivity index (χ0n) is 13.7. The van der Waals surface area contributed by atoms with Gasteiger partial charge in [0.15, 0.2) is 5.78 Å². The maximum atomic E-state index is 12.7. The normalized spacial score (nSPS) is 26.0. The van der Waals surface area contributed by atoms with Gasteiger partial charge in [0.25, 0.3) is 0 Å². The van der Waals surface area contributed by atoms with Crippen molar-refractivity contribution in [1.82, 2.24) is 9.47 Å². The van der Waals surface area contributed by atoms with Crippen LogP contribution in [0, 0.1) is 19.8 Å². The monoisotopic (exact) mass is 288 g/mol. The maximum Gasteiger partial charge on any atom is 0.178 e. The van der Waals surface area contributed by atoms with Crippen LogP contribution in [0.5, 0.6) is 0 Å². The molecule has 0 radical (unpaired) electrons. The summed E-state index contributed by atoms with van der Waals surface area (Å²) in [7, 11) is 0. The predicted octanol–water partition coefficient (Wildman–Crippen LogP) is 3.57. The van der Waals surface area contributed by atoms with E-state index < -0.39 is 0 Å². The Kier molecular flexibility index (Phi) is 4.21. The van der Waals surface area contributed by atoms with E-state index in [4.69, 9.17) is 0 Å². The molecule has 1 aromatic rings. The minimum atomic E-state index is 0.315. The number of carbonyl (C=O) groups is 1. The van der Waals surface area contributed by atoms with E-state index in [2.05, 4.69) is 36.3 Å². The fourth-order valence-electron chi connectivity index (χ4n) is 4.59. The first-order valence-corrected chi connectivity index (χ1v) is 8.55. The van der Waals surface area contributed by atoms with Crippen molar-refractivity contribution in [2.24, 2.45) is 5.92 Å². The molecule has 3 rings (SSSR count). The van der Waals surface area contributed by atoms with Crippen LogP contribution in [0.3, 0.4) is 0 Å². The number of rotatable bonds is 4. The van der Waals surface area contributed by atoms with Gasteiger partial charge in [-0.25, -0.2) is 0 Å². The quantitative estimate of drug-likeness (QED) is 0.791. The van der Waals surface area contributed by atoms with Crippen molar-refractivity contribution >= 4 is 5.78 Å². The third-order valence-electron chi connectivity index (χ3n) is 5.65. The molecule has 0 bridgehead atoms. The van der Waals surface area contributed by atoms with E-state index in [-0.39, 0.29) is 0 Å². The third kappa shape index (κ3) is 2.68. The molecule has 1 aliphatic heterocycles. The summed E-state index contributed by atoms with van der Waals surface area (Å²) in [5.74, 6) is 1.17. The predicted molar refractivity (Wildman–Crippen MR) is 85.8 cm³/mol. The minimum Gasteiger partial charge on any atom is -0.349 e. The Hall–Kier alpha value is -1.09. The summed E-state index contributed by atoms with van der Waals surface area (Å²) in [5, 5.41) is 0. The Morgan fingerprint density at radius 1 is 1.24 bits per heavy atom. The van der Waals surface area contributed by atoms with E-state index in [9.17, 15) is 4.79 Å². The largest absolute Gasteiger partial charge is 0.349 e. The van der Waals surface area contributed by atoms with Gasteiger partial charge in [-0.15, -0.1) is 0 Å². The molecular weight excluding hydrogens is 260 g/mol. The van der Waals surface area contributed by atoms with E-state index in [1.807, 2.05) is 0 Å². The second-order valence-corrected chi connectivity index (χ2v) is 6.82. The molecule has 0 spiro atoms. The number of fused-ring (bicyclic) bond motifs is 1. The SMILES string of the molecule is CCn1c(C)cc(C(=O)CN2CCCC3CCCC32)c1C. The fourth-order valence-corrected chi connectivity index (χ4v) is 4.59. The van der Waals surface area contributed by atoms with Crippen molar-refractivity contribution in [2.75, 3.05) is 13.1 Å². The van der Waals surface area contributed by atoms with Gasteiger partial charge in [0, 0.05) is 29.5 Å². The first kappa shape index (κ1) is 14.8. The van der Waals surface area contributed by atoms with Crippen LogP contribution in [0.25, 0.3) is 0 Å². The number of hydrogen-bond donors (Lipinski definition) is 0. The van der Waals surface area contributed by atoms with Crippen LogP contribution in [0.1, 0.15) is 60.8 Å². The van der Waals surface area contributed by atoms with Crippen LogP contribution in [-0.4, -0.2) is 34.4 Å². The second kappa shape index (κ2) is 5.96. The molecule has 2 fully saturated rings. The van der Waals surface area contributed by atoms with Crippen LogP contribution >= 0.6 is 0 Å². The van der Waals surface area contributed by atoms with Crippen LogP contribution < -0.4 is 0 Å². The zero-order valence-corrected chi connectivity index (χ0v) is 13.7. The lowest BCUT2D eigenvalue weighted by molar-refractivity contribution is 0.0776. The molecule has 2 atom stereocenters. The van der Waals surface area contributed by atoms with Gasteiger partial charge in [0.05, 0.1) is 6.54 Å². The van der Waals surface area contributed by atoms with Gasteiger partial charge in [-0.05, 0) is 65.0 Å². The summed E-state index contributed by atoms with van der Waals surface area (Å²) in [6, 6.07) is 2.76. The van der Waals surface area contributed by atoms with E-state index in [0.29, 0.717) is 18.4 Å². The number of aromatic nitrogens is 1. The molecule has 0 amide bonds. The van der Waals surface area contributed by atoms with Crippen LogP contribution in [0.15, 0.2) is 6.07 Å². The summed E-state index contributed by atoms with van der Waals surface area (Å²) in [4.78, 5) is 15.2. The third-order valence-corrected chi connectivity index (χ3v) is 5.65. The summed E-state index contributed by atoms with van der Waals surface area (Å²) < 4.78 is 2.24. The lowest BCUT2D eigenvalue weighted by atomic mass is 9.91. The van der Waals surface area contributed by atoms with Gasteiger partial charge in [-0.3, -0.25) is 9.69 Å². The molecule has 3 heteroatoms. The number of Topliss-reactive ketones (excluding diaryl/α,β-unsaturated/α-hetero) is 1. The lowest BCUT2D eigenvalue weighted by Gasteiger charge is -2.37. The average molecular weight is 288 g/mol. The van der Waals surface area contributed by atoms with Gasteiger partial charge in [-0.1, -0.05) is 6.42 Å². The van der Waals surface area contributed by atoms with Crippen LogP contribution in [0.4, 0.5) is 0 Å². The van der Waals surface area contributed by atoms with Crippen molar-refractivity contribution in [3.63, 3.8) is 0 Å².